The lowest BCUT2D eigenvalue weighted by Crippen LogP contribution is -2.27. The highest BCUT2D eigenvalue weighted by molar-refractivity contribution is 5.25. The maximum atomic E-state index is 4.68. The Balaban J connectivity index is 2.36. The van der Waals surface area contributed by atoms with Crippen LogP contribution in [-0.4, -0.2) is 16.8 Å². The Morgan fingerprint density at radius 1 is 1.11 bits per heavy atom. The average Bonchev–Trinajstić information content (AvgIpc) is 2.68. The number of hydrogen-bond donors (Lipinski definition) is 1. The lowest BCUT2D eigenvalue weighted by atomic mass is 10.0. The van der Waals surface area contributed by atoms with Gasteiger partial charge in [-0.3, -0.25) is 4.68 Å². The van der Waals surface area contributed by atoms with Crippen LogP contribution in [0, 0.1) is 20.8 Å². The molecule has 1 heterocycles. The molecule has 0 saturated carbocycles. The molecule has 19 heavy (non-hydrogen) atoms. The Morgan fingerprint density at radius 2 is 1.74 bits per heavy atom. The van der Waals surface area contributed by atoms with Gasteiger partial charge in [0.1, 0.15) is 0 Å². The largest absolute Gasteiger partial charge is 0.311 e. The number of likely N-dealkylation sites (N-methyl/N-ethyl adjacent to an activating group) is 1. The van der Waals surface area contributed by atoms with Crippen molar-refractivity contribution in [2.45, 2.75) is 39.8 Å². The van der Waals surface area contributed by atoms with E-state index in [-0.39, 0.29) is 12.1 Å². The Hall–Kier alpha value is -1.61. The third-order valence-electron chi connectivity index (χ3n) is 4.02. The predicted molar refractivity (Wildman–Crippen MR) is 79.4 cm³/mol. The highest BCUT2D eigenvalue weighted by Crippen LogP contribution is 2.27. The SMILES string of the molecule is CNC(c1ccccc1)C(C)n1nc(C)c(C)c1C. The Kier molecular flexibility index (Phi) is 4.05. The molecule has 2 aromatic rings. The van der Waals surface area contributed by atoms with Gasteiger partial charge in [-0.05, 0) is 45.9 Å². The molecule has 1 aromatic carbocycles. The summed E-state index contributed by atoms with van der Waals surface area (Å²) in [4.78, 5) is 0. The molecule has 0 fully saturated rings. The van der Waals surface area contributed by atoms with E-state index < -0.39 is 0 Å². The second-order valence-corrected chi connectivity index (χ2v) is 5.16. The van der Waals surface area contributed by atoms with Gasteiger partial charge in [0.05, 0.1) is 17.8 Å². The molecule has 3 heteroatoms. The molecule has 0 bridgehead atoms. The Labute approximate surface area is 115 Å². The monoisotopic (exact) mass is 257 g/mol. The maximum absolute atomic E-state index is 4.68. The van der Waals surface area contributed by atoms with Crippen LogP contribution in [0.25, 0.3) is 0 Å². The van der Waals surface area contributed by atoms with Crippen LogP contribution in [0.1, 0.15) is 41.5 Å². The van der Waals surface area contributed by atoms with Gasteiger partial charge in [0.25, 0.3) is 0 Å². The van der Waals surface area contributed by atoms with Gasteiger partial charge in [-0.15, -0.1) is 0 Å². The van der Waals surface area contributed by atoms with Crippen LogP contribution < -0.4 is 5.32 Å². The van der Waals surface area contributed by atoms with E-state index in [2.05, 4.69) is 67.1 Å². The van der Waals surface area contributed by atoms with Crippen molar-refractivity contribution in [1.82, 2.24) is 15.1 Å². The first-order valence-electron chi connectivity index (χ1n) is 6.80. The average molecular weight is 257 g/mol. The molecule has 0 aliphatic carbocycles. The predicted octanol–water partition coefficient (Wildman–Crippen LogP) is 3.33. The topological polar surface area (TPSA) is 29.9 Å². The number of nitrogens with one attached hydrogen (secondary N) is 1. The van der Waals surface area contributed by atoms with E-state index in [0.717, 1.165) is 5.69 Å². The van der Waals surface area contributed by atoms with Gasteiger partial charge in [-0.25, -0.2) is 0 Å². The van der Waals surface area contributed by atoms with Crippen LogP contribution in [0.15, 0.2) is 30.3 Å². The van der Waals surface area contributed by atoms with Crippen molar-refractivity contribution in [2.75, 3.05) is 7.05 Å². The van der Waals surface area contributed by atoms with E-state index >= 15 is 0 Å². The zero-order valence-corrected chi connectivity index (χ0v) is 12.4. The summed E-state index contributed by atoms with van der Waals surface area (Å²) in [6, 6.07) is 11.1. The Morgan fingerprint density at radius 3 is 2.21 bits per heavy atom. The summed E-state index contributed by atoms with van der Waals surface area (Å²) >= 11 is 0. The lowest BCUT2D eigenvalue weighted by molar-refractivity contribution is 0.365. The third-order valence-corrected chi connectivity index (χ3v) is 4.02. The molecule has 0 spiro atoms. The van der Waals surface area contributed by atoms with Crippen LogP contribution in [0.5, 0.6) is 0 Å². The highest BCUT2D eigenvalue weighted by atomic mass is 15.3. The molecule has 0 amide bonds. The summed E-state index contributed by atoms with van der Waals surface area (Å²) in [5.41, 5.74) is 4.95. The lowest BCUT2D eigenvalue weighted by Gasteiger charge is -2.25. The first-order valence-corrected chi connectivity index (χ1v) is 6.80. The fourth-order valence-corrected chi connectivity index (χ4v) is 2.63. The number of aromatic nitrogens is 2. The molecule has 2 atom stereocenters. The van der Waals surface area contributed by atoms with Crippen LogP contribution >= 0.6 is 0 Å². The van der Waals surface area contributed by atoms with Crippen molar-refractivity contribution in [2.24, 2.45) is 0 Å². The van der Waals surface area contributed by atoms with Crippen molar-refractivity contribution >= 4 is 0 Å². The molecule has 0 aliphatic rings. The molecular weight excluding hydrogens is 234 g/mol. The van der Waals surface area contributed by atoms with E-state index in [9.17, 15) is 0 Å². The van der Waals surface area contributed by atoms with Crippen LogP contribution in [0.3, 0.4) is 0 Å². The minimum atomic E-state index is 0.263. The van der Waals surface area contributed by atoms with Gasteiger partial charge < -0.3 is 5.32 Å². The molecular formula is C16H23N3. The van der Waals surface area contributed by atoms with Crippen molar-refractivity contribution in [3.63, 3.8) is 0 Å². The van der Waals surface area contributed by atoms with E-state index in [1.807, 2.05) is 13.1 Å². The molecule has 0 saturated heterocycles. The molecule has 1 N–H and O–H groups in total. The van der Waals surface area contributed by atoms with E-state index in [0.29, 0.717) is 0 Å². The van der Waals surface area contributed by atoms with E-state index in [1.165, 1.54) is 16.8 Å². The minimum absolute atomic E-state index is 0.263. The second kappa shape index (κ2) is 5.57. The van der Waals surface area contributed by atoms with Crippen LogP contribution in [-0.2, 0) is 0 Å². The summed E-state index contributed by atoms with van der Waals surface area (Å²) in [5, 5.41) is 8.09. The van der Waals surface area contributed by atoms with Gasteiger partial charge >= 0.3 is 0 Å². The molecule has 3 nitrogen and oxygen atoms in total. The second-order valence-electron chi connectivity index (χ2n) is 5.16. The molecule has 1 aromatic heterocycles. The van der Waals surface area contributed by atoms with Crippen LogP contribution in [0.2, 0.25) is 0 Å². The van der Waals surface area contributed by atoms with E-state index in [4.69, 9.17) is 0 Å². The summed E-state index contributed by atoms with van der Waals surface area (Å²) in [5.74, 6) is 0. The van der Waals surface area contributed by atoms with Crippen molar-refractivity contribution in [3.05, 3.63) is 52.8 Å². The molecule has 2 unspecified atom stereocenters. The summed E-state index contributed by atoms with van der Waals surface area (Å²) in [6.07, 6.45) is 0. The van der Waals surface area contributed by atoms with E-state index in [1.54, 1.807) is 0 Å². The quantitative estimate of drug-likeness (QED) is 0.910. The number of benzene rings is 1. The summed E-state index contributed by atoms with van der Waals surface area (Å²) in [7, 11) is 2.01. The first-order chi connectivity index (χ1) is 9.06. The normalized spacial score (nSPS) is 14.4. The molecule has 102 valence electrons. The first kappa shape index (κ1) is 13.8. The zero-order valence-electron chi connectivity index (χ0n) is 12.4. The standard InChI is InChI=1S/C16H23N3/c1-11-12(2)18-19(13(11)3)14(4)16(17-5)15-9-7-6-8-10-15/h6-10,14,16-17H,1-5H3. The maximum Gasteiger partial charge on any atom is 0.0688 e. The highest BCUT2D eigenvalue weighted by Gasteiger charge is 2.22. The summed E-state index contributed by atoms with van der Waals surface area (Å²) in [6.45, 7) is 8.57. The van der Waals surface area contributed by atoms with Gasteiger partial charge in [0, 0.05) is 5.69 Å². The molecule has 2 rings (SSSR count). The minimum Gasteiger partial charge on any atom is -0.311 e. The van der Waals surface area contributed by atoms with Crippen molar-refractivity contribution in [3.8, 4) is 0 Å². The van der Waals surface area contributed by atoms with Crippen LogP contribution in [0.4, 0.5) is 0 Å². The smallest absolute Gasteiger partial charge is 0.0688 e. The fraction of sp³-hybridized carbons (Fsp3) is 0.438. The van der Waals surface area contributed by atoms with Gasteiger partial charge in [0.15, 0.2) is 0 Å². The fourth-order valence-electron chi connectivity index (χ4n) is 2.63. The number of hydrogen-bond acceptors (Lipinski definition) is 2. The molecule has 0 radical (unpaired) electrons. The third kappa shape index (κ3) is 2.56. The van der Waals surface area contributed by atoms with Gasteiger partial charge in [-0.2, -0.15) is 5.10 Å². The van der Waals surface area contributed by atoms with Crippen molar-refractivity contribution in [1.29, 1.82) is 0 Å². The zero-order chi connectivity index (χ0) is 14.0. The number of rotatable bonds is 4. The van der Waals surface area contributed by atoms with Crippen molar-refractivity contribution < 1.29 is 0 Å². The number of nitrogens with zero attached hydrogens (tertiary/aromatic N) is 2. The van der Waals surface area contributed by atoms with Gasteiger partial charge in [-0.1, -0.05) is 30.3 Å². The summed E-state index contributed by atoms with van der Waals surface area (Å²) < 4.78 is 2.14. The van der Waals surface area contributed by atoms with Gasteiger partial charge in [0.2, 0.25) is 0 Å². The number of aryl methyl sites for hydroxylation is 1. The molecule has 0 aliphatic heterocycles. The Bertz CT molecular complexity index is 543.